The maximum absolute atomic E-state index is 14.4. The highest BCUT2D eigenvalue weighted by Gasteiger charge is 2.50. The number of ketones is 2. The summed E-state index contributed by atoms with van der Waals surface area (Å²) in [5.74, 6) is -1.39. The van der Waals surface area contributed by atoms with Gasteiger partial charge in [0.2, 0.25) is 23.6 Å². The van der Waals surface area contributed by atoms with Gasteiger partial charge < -0.3 is 49.7 Å². The first-order chi connectivity index (χ1) is 33.1. The number of hydrogen-bond acceptors (Lipinski definition) is 13. The molecule has 2 saturated heterocycles. The third-order valence-corrected chi connectivity index (χ3v) is 12.2. The number of aryl methyl sites for hydroxylation is 1. The number of hydrogen-bond donors (Lipinski definition) is 4. The SMILES string of the molecule is CC(C)C[C@H](NC(=O)[C@H](CCc1ccccc1)NC(=O)CN1CCOCC1)C(=O)N[C@@H](Cc1ccc(OCCOCCOCCOCCCC(=O)CBr)cc1)C(=O)N[C@@H](CC(C)C)C(=O)[C@@]1(C)CO1. The topological polar surface area (TPSA) is 212 Å². The second-order valence-corrected chi connectivity index (χ2v) is 19.2. The summed E-state index contributed by atoms with van der Waals surface area (Å²) in [6.07, 6.45) is 2.68. The third kappa shape index (κ3) is 22.6. The number of amides is 4. The second kappa shape index (κ2) is 31.1. The van der Waals surface area contributed by atoms with Crippen LogP contribution >= 0.6 is 15.9 Å². The Bertz CT molecular complexity index is 1880. The van der Waals surface area contributed by atoms with Crippen LogP contribution in [-0.2, 0) is 65.3 Å². The van der Waals surface area contributed by atoms with E-state index in [1.165, 1.54) is 0 Å². The van der Waals surface area contributed by atoms with E-state index in [1.807, 2.05) is 62.9 Å². The number of alkyl halides is 1. The molecule has 2 fully saturated rings. The van der Waals surface area contributed by atoms with Gasteiger partial charge in [-0.3, -0.25) is 33.7 Å². The first kappa shape index (κ1) is 57.3. The summed E-state index contributed by atoms with van der Waals surface area (Å²) in [6, 6.07) is 12.8. The van der Waals surface area contributed by atoms with Crippen LogP contribution in [0.15, 0.2) is 54.6 Å². The highest BCUT2D eigenvalue weighted by Crippen LogP contribution is 2.30. The Kier molecular flexibility index (Phi) is 25.8. The van der Waals surface area contributed by atoms with Crippen molar-refractivity contribution in [2.75, 3.05) is 91.0 Å². The zero-order chi connectivity index (χ0) is 50.0. The van der Waals surface area contributed by atoms with Gasteiger partial charge in [-0.1, -0.05) is 86.1 Å². The average Bonchev–Trinajstić information content (AvgIpc) is 4.09. The van der Waals surface area contributed by atoms with Gasteiger partial charge in [0.05, 0.1) is 70.8 Å². The zero-order valence-electron chi connectivity index (χ0n) is 41.2. The summed E-state index contributed by atoms with van der Waals surface area (Å²) in [7, 11) is 0. The molecule has 2 heterocycles. The Morgan fingerprint density at radius 2 is 1.23 bits per heavy atom. The van der Waals surface area contributed by atoms with Crippen LogP contribution in [0.2, 0.25) is 0 Å². The predicted octanol–water partition coefficient (Wildman–Crippen LogP) is 3.76. The van der Waals surface area contributed by atoms with Crippen molar-refractivity contribution in [1.82, 2.24) is 26.2 Å². The van der Waals surface area contributed by atoms with Crippen LogP contribution < -0.4 is 26.0 Å². The van der Waals surface area contributed by atoms with Crippen LogP contribution in [0.4, 0.5) is 0 Å². The first-order valence-electron chi connectivity index (χ1n) is 24.4. The summed E-state index contributed by atoms with van der Waals surface area (Å²) in [5, 5.41) is 12.1. The molecule has 0 saturated carbocycles. The first-order valence-corrected chi connectivity index (χ1v) is 25.5. The van der Waals surface area contributed by atoms with Crippen molar-refractivity contribution in [3.63, 3.8) is 0 Å². The summed E-state index contributed by atoms with van der Waals surface area (Å²) >= 11 is 3.15. The van der Waals surface area contributed by atoms with E-state index in [1.54, 1.807) is 31.2 Å². The van der Waals surface area contributed by atoms with Gasteiger partial charge in [-0.15, -0.1) is 0 Å². The van der Waals surface area contributed by atoms with E-state index in [0.29, 0.717) is 115 Å². The van der Waals surface area contributed by atoms with Crippen molar-refractivity contribution in [3.05, 3.63) is 65.7 Å². The number of morpholine rings is 1. The lowest BCUT2D eigenvalue weighted by Crippen LogP contribution is -2.59. The fourth-order valence-corrected chi connectivity index (χ4v) is 7.91. The minimum Gasteiger partial charge on any atom is -0.491 e. The van der Waals surface area contributed by atoms with Crippen LogP contribution in [-0.4, -0.2) is 161 Å². The van der Waals surface area contributed by atoms with Gasteiger partial charge in [0.1, 0.15) is 41.9 Å². The van der Waals surface area contributed by atoms with Crippen molar-refractivity contribution < 1.29 is 57.2 Å². The van der Waals surface area contributed by atoms with E-state index in [-0.39, 0.29) is 61.9 Å². The molecule has 5 atom stereocenters. The molecule has 0 aromatic heterocycles. The van der Waals surface area contributed by atoms with Gasteiger partial charge >= 0.3 is 0 Å². The van der Waals surface area contributed by atoms with Crippen LogP contribution in [0.25, 0.3) is 0 Å². The van der Waals surface area contributed by atoms with Crippen molar-refractivity contribution in [1.29, 1.82) is 0 Å². The lowest BCUT2D eigenvalue weighted by Gasteiger charge is -2.29. The van der Waals surface area contributed by atoms with E-state index in [2.05, 4.69) is 37.2 Å². The van der Waals surface area contributed by atoms with Crippen molar-refractivity contribution >= 4 is 51.1 Å². The van der Waals surface area contributed by atoms with Gasteiger partial charge in [0.25, 0.3) is 0 Å². The molecular formula is C51H76BrN5O12. The Morgan fingerprint density at radius 1 is 0.681 bits per heavy atom. The molecule has 18 heteroatoms. The summed E-state index contributed by atoms with van der Waals surface area (Å²) < 4.78 is 33.4. The van der Waals surface area contributed by atoms with E-state index in [9.17, 15) is 28.8 Å². The molecule has 2 aromatic carbocycles. The largest absolute Gasteiger partial charge is 0.491 e. The fourth-order valence-electron chi connectivity index (χ4n) is 7.63. The van der Waals surface area contributed by atoms with Gasteiger partial charge in [0, 0.05) is 32.5 Å². The number of rotatable bonds is 35. The molecule has 2 aliphatic heterocycles. The van der Waals surface area contributed by atoms with Crippen molar-refractivity contribution in [2.45, 2.75) is 109 Å². The molecule has 2 aliphatic rings. The Labute approximate surface area is 416 Å². The smallest absolute Gasteiger partial charge is 0.243 e. The molecule has 4 N–H and O–H groups in total. The van der Waals surface area contributed by atoms with Gasteiger partial charge in [0.15, 0.2) is 5.78 Å². The lowest BCUT2D eigenvalue weighted by atomic mass is 9.93. The number of carbonyl (C=O) groups is 6. The van der Waals surface area contributed by atoms with Crippen LogP contribution in [0.3, 0.4) is 0 Å². The molecule has 0 radical (unpaired) electrons. The predicted molar refractivity (Wildman–Crippen MR) is 264 cm³/mol. The minimum absolute atomic E-state index is 0.0324. The summed E-state index contributed by atoms with van der Waals surface area (Å²) in [4.78, 5) is 83.1. The average molecular weight is 1030 g/mol. The van der Waals surface area contributed by atoms with Crippen LogP contribution in [0, 0.1) is 11.8 Å². The van der Waals surface area contributed by atoms with Gasteiger partial charge in [-0.2, -0.15) is 0 Å². The monoisotopic (exact) mass is 1030 g/mol. The number of halogens is 1. The number of benzene rings is 2. The van der Waals surface area contributed by atoms with E-state index < -0.39 is 47.5 Å². The number of carbonyl (C=O) groups excluding carboxylic acids is 6. The van der Waals surface area contributed by atoms with Crippen LogP contribution in [0.5, 0.6) is 5.75 Å². The molecule has 4 amide bonds. The zero-order valence-corrected chi connectivity index (χ0v) is 42.8. The minimum atomic E-state index is -1.13. The number of epoxide rings is 1. The number of nitrogens with one attached hydrogen (secondary N) is 4. The fraction of sp³-hybridized carbons (Fsp3) is 0.647. The Balaban J connectivity index is 1.40. The molecule has 0 unspecified atom stereocenters. The molecule has 4 rings (SSSR count). The summed E-state index contributed by atoms with van der Waals surface area (Å²) in [6.45, 7) is 14.9. The standard InChI is InChI=1S/C51H76BrN5O12/c1-36(2)30-43(47(60)51(5)35-69-51)54-50(63)45(32-39-13-16-41(17-14-39)68-29-28-67-27-26-66-25-24-64-21-9-12-40(58)33-52)56-49(62)44(31-37(3)4)55-48(61)42(18-15-38-10-7-6-8-11-38)53-46(59)34-57-19-22-65-23-20-57/h6-8,10-11,13-14,16-17,36-37,42-45H,9,12,15,18-35H2,1-5H3,(H,53,59)(H,54,63)(H,55,61)(H,56,62)/t42-,43-,44-,45-,51+/m0/s1. The quantitative estimate of drug-likeness (QED) is 0.0441. The molecule has 69 heavy (non-hydrogen) atoms. The van der Waals surface area contributed by atoms with Gasteiger partial charge in [-0.05, 0) is 74.1 Å². The maximum atomic E-state index is 14.4. The number of ether oxygens (including phenoxy) is 6. The van der Waals surface area contributed by atoms with Crippen LogP contribution in [0.1, 0.15) is 77.8 Å². The molecule has 17 nitrogen and oxygen atoms in total. The van der Waals surface area contributed by atoms with E-state index in [0.717, 1.165) is 5.56 Å². The van der Waals surface area contributed by atoms with E-state index >= 15 is 0 Å². The highest BCUT2D eigenvalue weighted by atomic mass is 79.9. The van der Waals surface area contributed by atoms with Crippen molar-refractivity contribution in [3.8, 4) is 5.75 Å². The van der Waals surface area contributed by atoms with Crippen molar-refractivity contribution in [2.24, 2.45) is 11.8 Å². The lowest BCUT2D eigenvalue weighted by molar-refractivity contribution is -0.135. The molecule has 0 bridgehead atoms. The molecule has 0 spiro atoms. The van der Waals surface area contributed by atoms with Gasteiger partial charge in [-0.25, -0.2) is 0 Å². The maximum Gasteiger partial charge on any atom is 0.243 e. The highest BCUT2D eigenvalue weighted by molar-refractivity contribution is 9.09. The molecule has 2 aromatic rings. The number of Topliss-reactive ketones (excluding diaryl/α,β-unsaturated/α-hetero) is 2. The third-order valence-electron chi connectivity index (χ3n) is 11.6. The molecule has 0 aliphatic carbocycles. The molecular weight excluding hydrogens is 954 g/mol. The molecule has 384 valence electrons. The Morgan fingerprint density at radius 3 is 1.84 bits per heavy atom. The Hall–Kier alpha value is -4.30. The number of nitrogens with zero attached hydrogens (tertiary/aromatic N) is 1. The normalized spacial score (nSPS) is 17.6. The van der Waals surface area contributed by atoms with E-state index in [4.69, 9.17) is 28.4 Å². The second-order valence-electron chi connectivity index (χ2n) is 18.7. The summed E-state index contributed by atoms with van der Waals surface area (Å²) in [5.41, 5.74) is 0.733.